The van der Waals surface area contributed by atoms with Gasteiger partial charge in [0.25, 0.3) is 5.91 Å². The topological polar surface area (TPSA) is 71.2 Å². The summed E-state index contributed by atoms with van der Waals surface area (Å²) in [6.45, 7) is 5.37. The van der Waals surface area contributed by atoms with Crippen LogP contribution in [-0.4, -0.2) is 28.9 Å². The van der Waals surface area contributed by atoms with Crippen LogP contribution in [0.1, 0.15) is 41.7 Å². The van der Waals surface area contributed by atoms with Crippen LogP contribution in [0, 0.1) is 5.92 Å². The summed E-state index contributed by atoms with van der Waals surface area (Å²) in [7, 11) is 0. The number of nitrogens with one attached hydrogen (secondary N) is 1. The number of hydrazine groups is 1. The number of carbonyl (C=O) groups is 1. The highest BCUT2D eigenvalue weighted by molar-refractivity contribution is 7.11. The zero-order valence-corrected chi connectivity index (χ0v) is 11.5. The predicted molar refractivity (Wildman–Crippen MR) is 72.1 cm³/mol. The van der Waals surface area contributed by atoms with E-state index in [1.807, 2.05) is 5.38 Å². The molecule has 5 nitrogen and oxygen atoms in total. The minimum absolute atomic E-state index is 0.309. The van der Waals surface area contributed by atoms with Crippen LogP contribution in [0.2, 0.25) is 0 Å². The van der Waals surface area contributed by atoms with Gasteiger partial charge in [-0.25, -0.2) is 10.8 Å². The van der Waals surface area contributed by atoms with E-state index in [0.29, 0.717) is 5.01 Å². The monoisotopic (exact) mass is 268 g/mol. The maximum atomic E-state index is 11.3. The fourth-order valence-electron chi connectivity index (χ4n) is 2.48. The van der Waals surface area contributed by atoms with Gasteiger partial charge >= 0.3 is 0 Å². The molecule has 0 saturated carbocycles. The Morgan fingerprint density at radius 2 is 2.56 bits per heavy atom. The molecule has 1 aromatic heterocycles. The van der Waals surface area contributed by atoms with E-state index in [9.17, 15) is 4.79 Å². The molecule has 0 aliphatic carbocycles. The van der Waals surface area contributed by atoms with Crippen molar-refractivity contribution in [3.05, 3.63) is 16.1 Å². The molecule has 1 aliphatic heterocycles. The average Bonchev–Trinajstić information content (AvgIpc) is 2.99. The lowest BCUT2D eigenvalue weighted by Gasteiger charge is -2.14. The first-order chi connectivity index (χ1) is 8.72. The average molecular weight is 268 g/mol. The van der Waals surface area contributed by atoms with Gasteiger partial charge in [0.15, 0.2) is 5.01 Å². The second-order valence-electron chi connectivity index (χ2n) is 4.80. The van der Waals surface area contributed by atoms with Gasteiger partial charge in [-0.2, -0.15) is 0 Å². The molecule has 1 amide bonds. The van der Waals surface area contributed by atoms with Crippen LogP contribution in [0.4, 0.5) is 0 Å². The normalized spacial score (nSPS) is 20.2. The number of nitrogens with two attached hydrogens (primary N) is 1. The molecule has 6 heteroatoms. The van der Waals surface area contributed by atoms with E-state index < -0.39 is 0 Å². The molecule has 1 aromatic rings. The summed E-state index contributed by atoms with van der Waals surface area (Å²) in [6, 6.07) is 0. The van der Waals surface area contributed by atoms with Gasteiger partial charge in [0.05, 0.1) is 5.69 Å². The zero-order valence-electron chi connectivity index (χ0n) is 10.7. The smallest absolute Gasteiger partial charge is 0.294 e. The number of hydrogen-bond acceptors (Lipinski definition) is 5. The molecule has 1 saturated heterocycles. The van der Waals surface area contributed by atoms with Crippen LogP contribution in [-0.2, 0) is 6.54 Å². The molecule has 18 heavy (non-hydrogen) atoms. The highest BCUT2D eigenvalue weighted by atomic mass is 32.1. The summed E-state index contributed by atoms with van der Waals surface area (Å²) >= 11 is 1.35. The third-order valence-electron chi connectivity index (χ3n) is 3.33. The SMILES string of the molecule is CCCC1CCN(Cc2csc(C(=O)NN)n2)C1. The largest absolute Gasteiger partial charge is 0.297 e. The van der Waals surface area contributed by atoms with Gasteiger partial charge < -0.3 is 0 Å². The first-order valence-corrected chi connectivity index (χ1v) is 7.28. The molecule has 0 spiro atoms. The highest BCUT2D eigenvalue weighted by Crippen LogP contribution is 2.22. The number of aromatic nitrogens is 1. The predicted octanol–water partition coefficient (Wildman–Crippen LogP) is 1.37. The Hall–Kier alpha value is -0.980. The van der Waals surface area contributed by atoms with Crippen molar-refractivity contribution in [1.82, 2.24) is 15.3 Å². The quantitative estimate of drug-likeness (QED) is 0.480. The first kappa shape index (κ1) is 13.5. The molecule has 3 N–H and O–H groups in total. The van der Waals surface area contributed by atoms with Crippen molar-refractivity contribution in [1.29, 1.82) is 0 Å². The van der Waals surface area contributed by atoms with Crippen molar-refractivity contribution in [3.8, 4) is 0 Å². The molecule has 1 atom stereocenters. The number of nitrogen functional groups attached to an aromatic ring is 1. The summed E-state index contributed by atoms with van der Waals surface area (Å²) in [5, 5.41) is 2.38. The molecule has 2 rings (SSSR count). The summed E-state index contributed by atoms with van der Waals surface area (Å²) in [5.41, 5.74) is 3.08. The molecule has 1 fully saturated rings. The number of thiazole rings is 1. The Balaban J connectivity index is 1.87. The Kier molecular flexibility index (Phi) is 4.68. The van der Waals surface area contributed by atoms with Crippen LogP contribution < -0.4 is 11.3 Å². The van der Waals surface area contributed by atoms with Gasteiger partial charge in [0.2, 0.25) is 0 Å². The lowest BCUT2D eigenvalue weighted by atomic mass is 10.0. The molecule has 0 bridgehead atoms. The maximum absolute atomic E-state index is 11.3. The number of rotatable bonds is 5. The standard InChI is InChI=1S/C12H20N4OS/c1-2-3-9-4-5-16(6-9)7-10-8-18-12(14-10)11(17)15-13/h8-9H,2-7,13H2,1H3,(H,15,17). The van der Waals surface area contributed by atoms with E-state index in [-0.39, 0.29) is 5.91 Å². The lowest BCUT2D eigenvalue weighted by Crippen LogP contribution is -2.30. The third kappa shape index (κ3) is 3.28. The van der Waals surface area contributed by atoms with Crippen molar-refractivity contribution in [2.75, 3.05) is 13.1 Å². The Morgan fingerprint density at radius 3 is 3.28 bits per heavy atom. The highest BCUT2D eigenvalue weighted by Gasteiger charge is 2.22. The van der Waals surface area contributed by atoms with Gasteiger partial charge in [-0.3, -0.25) is 15.1 Å². The summed E-state index contributed by atoms with van der Waals surface area (Å²) < 4.78 is 0. The van der Waals surface area contributed by atoms with E-state index in [1.54, 1.807) is 0 Å². The van der Waals surface area contributed by atoms with E-state index in [1.165, 1.54) is 30.6 Å². The second-order valence-corrected chi connectivity index (χ2v) is 5.65. The second kappa shape index (κ2) is 6.26. The molecule has 100 valence electrons. The van der Waals surface area contributed by atoms with Gasteiger partial charge in [0.1, 0.15) is 0 Å². The molecule has 2 heterocycles. The summed E-state index contributed by atoms with van der Waals surface area (Å²) in [6.07, 6.45) is 3.86. The van der Waals surface area contributed by atoms with Crippen LogP contribution in [0.5, 0.6) is 0 Å². The van der Waals surface area contributed by atoms with Crippen molar-refractivity contribution in [3.63, 3.8) is 0 Å². The molecule has 1 unspecified atom stereocenters. The maximum Gasteiger partial charge on any atom is 0.294 e. The van der Waals surface area contributed by atoms with Crippen molar-refractivity contribution >= 4 is 17.2 Å². The fraction of sp³-hybridized carbons (Fsp3) is 0.667. The van der Waals surface area contributed by atoms with Crippen molar-refractivity contribution < 1.29 is 4.79 Å². The first-order valence-electron chi connectivity index (χ1n) is 6.40. The Morgan fingerprint density at radius 1 is 1.72 bits per heavy atom. The molecule has 0 aromatic carbocycles. The number of likely N-dealkylation sites (tertiary alicyclic amines) is 1. The summed E-state index contributed by atoms with van der Waals surface area (Å²) in [5.74, 6) is 5.61. The van der Waals surface area contributed by atoms with Crippen LogP contribution in [0.25, 0.3) is 0 Å². The zero-order chi connectivity index (χ0) is 13.0. The lowest BCUT2D eigenvalue weighted by molar-refractivity contribution is 0.0953. The number of hydrogen-bond donors (Lipinski definition) is 2. The number of nitrogens with zero attached hydrogens (tertiary/aromatic N) is 2. The molecular weight excluding hydrogens is 248 g/mol. The van der Waals surface area contributed by atoms with E-state index in [2.05, 4.69) is 22.2 Å². The minimum Gasteiger partial charge on any atom is -0.297 e. The van der Waals surface area contributed by atoms with E-state index in [4.69, 9.17) is 5.84 Å². The number of carbonyl (C=O) groups excluding carboxylic acids is 1. The Labute approximate surface area is 111 Å². The van der Waals surface area contributed by atoms with Crippen LogP contribution in [0.15, 0.2) is 5.38 Å². The molecular formula is C12H20N4OS. The third-order valence-corrected chi connectivity index (χ3v) is 4.22. The van der Waals surface area contributed by atoms with Gasteiger partial charge in [0, 0.05) is 18.5 Å². The molecule has 0 radical (unpaired) electrons. The van der Waals surface area contributed by atoms with Gasteiger partial charge in [-0.15, -0.1) is 11.3 Å². The minimum atomic E-state index is -0.309. The van der Waals surface area contributed by atoms with Crippen LogP contribution >= 0.6 is 11.3 Å². The van der Waals surface area contributed by atoms with Gasteiger partial charge in [-0.05, 0) is 25.3 Å². The van der Waals surface area contributed by atoms with E-state index in [0.717, 1.165) is 31.2 Å². The van der Waals surface area contributed by atoms with Gasteiger partial charge in [-0.1, -0.05) is 13.3 Å². The summed E-state index contributed by atoms with van der Waals surface area (Å²) in [4.78, 5) is 18.0. The van der Waals surface area contributed by atoms with Crippen molar-refractivity contribution in [2.24, 2.45) is 11.8 Å². The van der Waals surface area contributed by atoms with Crippen molar-refractivity contribution in [2.45, 2.75) is 32.7 Å². The van der Waals surface area contributed by atoms with E-state index >= 15 is 0 Å². The Bertz CT molecular complexity index is 407. The fourth-order valence-corrected chi connectivity index (χ4v) is 3.19. The number of amides is 1. The molecule has 1 aliphatic rings. The van der Waals surface area contributed by atoms with Crippen LogP contribution in [0.3, 0.4) is 0 Å².